The minimum atomic E-state index is -0.553. The lowest BCUT2D eigenvalue weighted by Crippen LogP contribution is -2.53. The molecule has 5 nitrogen and oxygen atoms in total. The summed E-state index contributed by atoms with van der Waals surface area (Å²) >= 11 is 0. The Morgan fingerprint density at radius 2 is 1.94 bits per heavy atom. The fraction of sp³-hybridized carbons (Fsp3) is 0.821. The van der Waals surface area contributed by atoms with Gasteiger partial charge in [0.1, 0.15) is 12.0 Å². The quantitative estimate of drug-likeness (QED) is 0.457. The van der Waals surface area contributed by atoms with Crippen molar-refractivity contribution in [1.82, 2.24) is 10.6 Å². The number of aliphatic hydroxyl groups excluding tert-OH is 1. The van der Waals surface area contributed by atoms with E-state index in [9.17, 15) is 10.2 Å². The summed E-state index contributed by atoms with van der Waals surface area (Å²) in [4.78, 5) is 0. The van der Waals surface area contributed by atoms with Gasteiger partial charge in [0.2, 0.25) is 0 Å². The molecule has 5 aliphatic rings. The number of aliphatic hydroxyl groups is 2. The molecule has 0 radical (unpaired) electrons. The van der Waals surface area contributed by atoms with E-state index in [1.807, 2.05) is 12.2 Å². The molecule has 9 atom stereocenters. The molecule has 0 spiro atoms. The van der Waals surface area contributed by atoms with Gasteiger partial charge in [0.25, 0.3) is 0 Å². The third-order valence-electron chi connectivity index (χ3n) is 10.6. The van der Waals surface area contributed by atoms with Crippen LogP contribution in [0, 0.1) is 52.3 Å². The first kappa shape index (κ1) is 23.2. The van der Waals surface area contributed by atoms with Crippen molar-refractivity contribution in [3.63, 3.8) is 0 Å². The topological polar surface area (TPSA) is 88.3 Å². The van der Waals surface area contributed by atoms with E-state index in [2.05, 4.69) is 30.6 Å². The Morgan fingerprint density at radius 1 is 1.12 bits per heavy atom. The van der Waals surface area contributed by atoms with Crippen molar-refractivity contribution in [2.45, 2.75) is 96.3 Å². The average molecular weight is 454 g/mol. The van der Waals surface area contributed by atoms with Crippen LogP contribution in [0.25, 0.3) is 0 Å². The molecule has 0 aromatic heterocycles. The summed E-state index contributed by atoms with van der Waals surface area (Å²) in [7, 11) is 0. The van der Waals surface area contributed by atoms with E-state index < -0.39 is 11.8 Å². The molecule has 0 aromatic rings. The van der Waals surface area contributed by atoms with E-state index >= 15 is 0 Å². The Kier molecular flexibility index (Phi) is 6.29. The Bertz CT molecular complexity index is 847. The van der Waals surface area contributed by atoms with Crippen LogP contribution in [-0.2, 0) is 0 Å². The van der Waals surface area contributed by atoms with E-state index in [1.54, 1.807) is 0 Å². The second-order valence-electron chi connectivity index (χ2n) is 12.2. The Labute approximate surface area is 199 Å². The van der Waals surface area contributed by atoms with Crippen LogP contribution in [0.4, 0.5) is 0 Å². The van der Waals surface area contributed by atoms with Crippen LogP contribution in [-0.4, -0.2) is 28.6 Å². The van der Waals surface area contributed by atoms with Gasteiger partial charge in [0.05, 0.1) is 18.2 Å². The number of hydrogen-bond acceptors (Lipinski definition) is 5. The second-order valence-corrected chi connectivity index (χ2v) is 12.2. The fourth-order valence-corrected chi connectivity index (χ4v) is 9.14. The van der Waals surface area contributed by atoms with Crippen molar-refractivity contribution in [2.75, 3.05) is 6.54 Å². The van der Waals surface area contributed by atoms with Gasteiger partial charge in [0.15, 0.2) is 0 Å². The molecular weight excluding hydrogens is 410 g/mol. The Balaban J connectivity index is 1.26. The standard InChI is InChI=1S/C28H43N3O2/c1-3-12-28(33)14-11-20-19(15-28)5-6-22-21(20)10-13-27(2)23(22)7-8-24(27)26(32)31-25-9-4-18(16-29)17-30-25/h4,9,19-24,26,30-33H,3,5-8,10-15,17H2,1-2H3/t19?,20?,21-,22?,23+,24-,26?,27+,28-/m1/s1. The fourth-order valence-electron chi connectivity index (χ4n) is 9.14. The predicted octanol–water partition coefficient (Wildman–Crippen LogP) is 4.59. The minimum Gasteiger partial charge on any atom is -0.390 e. The summed E-state index contributed by atoms with van der Waals surface area (Å²) in [6.07, 6.45) is 15.9. The highest BCUT2D eigenvalue weighted by Gasteiger charge is 2.58. The number of nitriles is 1. The molecule has 5 heteroatoms. The third kappa shape index (κ3) is 4.12. The van der Waals surface area contributed by atoms with Crippen LogP contribution in [0.15, 0.2) is 23.5 Å². The molecule has 1 heterocycles. The molecule has 4 fully saturated rings. The van der Waals surface area contributed by atoms with Crippen molar-refractivity contribution in [3.8, 4) is 6.07 Å². The van der Waals surface area contributed by atoms with Gasteiger partial charge in [0, 0.05) is 11.5 Å². The first-order chi connectivity index (χ1) is 15.9. The predicted molar refractivity (Wildman–Crippen MR) is 129 cm³/mol. The lowest BCUT2D eigenvalue weighted by molar-refractivity contribution is -0.115. The Morgan fingerprint density at radius 3 is 2.67 bits per heavy atom. The third-order valence-corrected chi connectivity index (χ3v) is 10.6. The van der Waals surface area contributed by atoms with Gasteiger partial charge >= 0.3 is 0 Å². The summed E-state index contributed by atoms with van der Waals surface area (Å²) in [5.41, 5.74) is 0.513. The van der Waals surface area contributed by atoms with Crippen molar-refractivity contribution < 1.29 is 10.2 Å². The monoisotopic (exact) mass is 453 g/mol. The van der Waals surface area contributed by atoms with E-state index in [-0.39, 0.29) is 11.3 Å². The molecule has 4 aliphatic carbocycles. The summed E-state index contributed by atoms with van der Waals surface area (Å²) < 4.78 is 0. The molecule has 0 aromatic carbocycles. The molecule has 4 N–H and O–H groups in total. The molecule has 0 saturated heterocycles. The smallest absolute Gasteiger partial charge is 0.128 e. The van der Waals surface area contributed by atoms with Crippen LogP contribution in [0.2, 0.25) is 0 Å². The van der Waals surface area contributed by atoms with Crippen LogP contribution in [0.1, 0.15) is 84.5 Å². The Hall–Kier alpha value is -1.51. The van der Waals surface area contributed by atoms with Crippen LogP contribution in [0.5, 0.6) is 0 Å². The summed E-state index contributed by atoms with van der Waals surface area (Å²) in [5.74, 6) is 4.97. The molecule has 1 aliphatic heterocycles. The number of fused-ring (bicyclic) bond motifs is 5. The van der Waals surface area contributed by atoms with Gasteiger partial charge in [-0.1, -0.05) is 20.3 Å². The molecule has 4 unspecified atom stereocenters. The van der Waals surface area contributed by atoms with Crippen molar-refractivity contribution in [2.24, 2.45) is 40.9 Å². The summed E-state index contributed by atoms with van der Waals surface area (Å²) in [6, 6.07) is 2.18. The highest BCUT2D eigenvalue weighted by Crippen LogP contribution is 2.65. The van der Waals surface area contributed by atoms with Gasteiger partial charge in [-0.05, 0) is 111 Å². The number of hydrogen-bond donors (Lipinski definition) is 4. The first-order valence-electron chi connectivity index (χ1n) is 13.6. The number of allylic oxidation sites excluding steroid dienone is 2. The van der Waals surface area contributed by atoms with E-state index in [1.165, 1.54) is 38.5 Å². The van der Waals surface area contributed by atoms with Crippen molar-refractivity contribution >= 4 is 0 Å². The number of nitrogens with one attached hydrogen (secondary N) is 2. The van der Waals surface area contributed by atoms with Gasteiger partial charge in [-0.2, -0.15) is 5.26 Å². The van der Waals surface area contributed by atoms with Crippen molar-refractivity contribution in [1.29, 1.82) is 5.26 Å². The molecule has 0 bridgehead atoms. The maximum atomic E-state index is 11.2. The van der Waals surface area contributed by atoms with Gasteiger partial charge in [-0.15, -0.1) is 0 Å². The van der Waals surface area contributed by atoms with Gasteiger partial charge in [-0.25, -0.2) is 0 Å². The molecule has 33 heavy (non-hydrogen) atoms. The average Bonchev–Trinajstić information content (AvgIpc) is 3.16. The van der Waals surface area contributed by atoms with Gasteiger partial charge in [-0.3, -0.25) is 0 Å². The molecule has 5 rings (SSSR count). The van der Waals surface area contributed by atoms with E-state index in [4.69, 9.17) is 5.26 Å². The highest BCUT2D eigenvalue weighted by atomic mass is 16.3. The zero-order valence-electron chi connectivity index (χ0n) is 20.5. The maximum absolute atomic E-state index is 11.2. The normalized spacial score (nSPS) is 45.3. The lowest BCUT2D eigenvalue weighted by atomic mass is 9.49. The molecule has 4 saturated carbocycles. The minimum absolute atomic E-state index is 0.195. The molecule has 0 amide bonds. The van der Waals surface area contributed by atoms with Crippen LogP contribution >= 0.6 is 0 Å². The number of dihydropyridines is 1. The van der Waals surface area contributed by atoms with E-state index in [0.717, 1.165) is 61.6 Å². The zero-order chi connectivity index (χ0) is 23.2. The first-order valence-corrected chi connectivity index (χ1v) is 13.6. The second kappa shape index (κ2) is 8.93. The maximum Gasteiger partial charge on any atom is 0.128 e. The SMILES string of the molecule is CCC[C@@]1(O)CCC2C(CCC3[C@@H]2CC[C@]2(C)[C@@H](C(O)NC4=CC=C(C#N)CN4)CC[C@@H]32)C1. The highest BCUT2D eigenvalue weighted by molar-refractivity contribution is 5.32. The summed E-state index contributed by atoms with van der Waals surface area (Å²) in [5, 5.41) is 37.9. The number of rotatable bonds is 5. The van der Waals surface area contributed by atoms with Crippen LogP contribution in [0.3, 0.4) is 0 Å². The zero-order valence-corrected chi connectivity index (χ0v) is 20.5. The van der Waals surface area contributed by atoms with Crippen molar-refractivity contribution in [3.05, 3.63) is 23.5 Å². The number of nitrogens with zero attached hydrogens (tertiary/aromatic N) is 1. The molecular formula is C28H43N3O2. The van der Waals surface area contributed by atoms with Gasteiger partial charge < -0.3 is 20.8 Å². The van der Waals surface area contributed by atoms with Crippen LogP contribution < -0.4 is 10.6 Å². The molecule has 182 valence electrons. The largest absolute Gasteiger partial charge is 0.390 e. The summed E-state index contributed by atoms with van der Waals surface area (Å²) in [6.45, 7) is 5.18. The van der Waals surface area contributed by atoms with E-state index in [0.29, 0.717) is 18.0 Å². The lowest BCUT2D eigenvalue weighted by Gasteiger charge is -2.57.